The van der Waals surface area contributed by atoms with Crippen molar-refractivity contribution in [2.24, 2.45) is 17.8 Å². The topological polar surface area (TPSA) is 118 Å². The summed E-state index contributed by atoms with van der Waals surface area (Å²) >= 11 is 0. The Hall–Kier alpha value is -3.96. The van der Waals surface area contributed by atoms with Crippen molar-refractivity contribution in [1.82, 2.24) is 9.88 Å². The number of hydrogen-bond acceptors (Lipinski definition) is 10. The van der Waals surface area contributed by atoms with Gasteiger partial charge >= 0.3 is 11.9 Å². The number of rotatable bonds is 6. The average Bonchev–Trinajstić information content (AvgIpc) is 3.66. The number of aromatic nitrogens is 1. The van der Waals surface area contributed by atoms with Gasteiger partial charge in [-0.25, -0.2) is 4.79 Å². The number of benzene rings is 2. The summed E-state index contributed by atoms with van der Waals surface area (Å²) in [5, 5.41) is 1.22. The van der Waals surface area contributed by atoms with Gasteiger partial charge in [0.1, 0.15) is 18.0 Å². The number of fused-ring (bicyclic) bond motifs is 7. The van der Waals surface area contributed by atoms with Gasteiger partial charge in [0, 0.05) is 42.9 Å². The molecule has 0 amide bonds. The Labute approximate surface area is 249 Å². The summed E-state index contributed by atoms with van der Waals surface area (Å²) in [7, 11) is 6.13. The molecule has 0 bridgehead atoms. The van der Waals surface area contributed by atoms with E-state index in [0.29, 0.717) is 23.7 Å². The molecule has 3 aliphatic heterocycles. The van der Waals surface area contributed by atoms with Gasteiger partial charge in [-0.05, 0) is 60.9 Å². The number of esters is 2. The summed E-state index contributed by atoms with van der Waals surface area (Å²) in [6.07, 6.45) is 0.971. The van der Waals surface area contributed by atoms with Crippen molar-refractivity contribution in [3.05, 3.63) is 47.2 Å². The van der Waals surface area contributed by atoms with Gasteiger partial charge in [-0.1, -0.05) is 0 Å². The second-order valence-electron chi connectivity index (χ2n) is 11.7. The van der Waals surface area contributed by atoms with Crippen LogP contribution in [0, 0.1) is 17.8 Å². The van der Waals surface area contributed by atoms with E-state index in [2.05, 4.69) is 16.0 Å². The number of piperidine rings is 1. The van der Waals surface area contributed by atoms with Gasteiger partial charge in [-0.2, -0.15) is 0 Å². The van der Waals surface area contributed by atoms with E-state index < -0.39 is 24.1 Å². The minimum Gasteiger partial charge on any atom is -0.497 e. The molecule has 1 aliphatic carbocycles. The van der Waals surface area contributed by atoms with Gasteiger partial charge in [-0.3, -0.25) is 9.69 Å². The first-order chi connectivity index (χ1) is 20.9. The van der Waals surface area contributed by atoms with E-state index in [1.165, 1.54) is 30.9 Å². The number of ether oxygens (including phenoxy) is 7. The molecule has 1 saturated carbocycles. The van der Waals surface area contributed by atoms with E-state index in [1.54, 1.807) is 26.4 Å². The monoisotopic (exact) mass is 592 g/mol. The molecule has 11 heteroatoms. The standard InChI is InChI=1S/C32H36N2O9/c1-37-18-5-6-19-20-7-8-34-14-17-11-26(43-31(35)16-9-24(38-2)29-25(10-16)41-15-42-29)30(39-3)27(32(36)40-4)21(17)13-23(34)28(20)33-22(19)12-18/h5-6,9-10,12,17,21,23,26-27,30,33H,7-8,11,13-15H2,1-4H3. The lowest BCUT2D eigenvalue weighted by Crippen LogP contribution is -2.58. The minimum atomic E-state index is -0.657. The Morgan fingerprint density at radius 1 is 1.02 bits per heavy atom. The SMILES string of the molecule is COC(=O)C1C2CC3c4[nH]c5cc(OC)ccc5c4CCN3CC2CC(OC(=O)c2cc(OC)c3c(c2)OCO3)C1OC. The molecule has 43 heavy (non-hydrogen) atoms. The number of methoxy groups -OCH3 is 4. The molecule has 4 aliphatic rings. The van der Waals surface area contributed by atoms with Crippen LogP contribution in [0.4, 0.5) is 0 Å². The largest absolute Gasteiger partial charge is 0.497 e. The fraction of sp³-hybridized carbons (Fsp3) is 0.500. The van der Waals surface area contributed by atoms with Crippen molar-refractivity contribution in [1.29, 1.82) is 0 Å². The molecular formula is C32H36N2O9. The fourth-order valence-corrected chi connectivity index (χ4v) is 7.81. The number of hydrogen-bond donors (Lipinski definition) is 1. The molecule has 1 N–H and O–H groups in total. The van der Waals surface area contributed by atoms with Crippen LogP contribution in [0.1, 0.15) is 40.5 Å². The maximum Gasteiger partial charge on any atom is 0.338 e. The van der Waals surface area contributed by atoms with Crippen LogP contribution in [0.2, 0.25) is 0 Å². The molecule has 1 saturated heterocycles. The molecular weight excluding hydrogens is 556 g/mol. The molecule has 0 radical (unpaired) electrons. The molecule has 4 heterocycles. The third-order valence-electron chi connectivity index (χ3n) is 9.75. The average molecular weight is 593 g/mol. The summed E-state index contributed by atoms with van der Waals surface area (Å²) in [6, 6.07) is 9.46. The quantitative estimate of drug-likeness (QED) is 0.423. The molecule has 3 aromatic rings. The van der Waals surface area contributed by atoms with Crippen molar-refractivity contribution in [3.8, 4) is 23.0 Å². The van der Waals surface area contributed by atoms with Crippen LogP contribution in [-0.2, 0) is 25.4 Å². The van der Waals surface area contributed by atoms with Crippen molar-refractivity contribution in [3.63, 3.8) is 0 Å². The second kappa shape index (κ2) is 10.9. The Balaban J connectivity index is 1.18. The highest BCUT2D eigenvalue weighted by atomic mass is 16.7. The Morgan fingerprint density at radius 2 is 1.88 bits per heavy atom. The second-order valence-corrected chi connectivity index (χ2v) is 11.7. The molecule has 6 atom stereocenters. The minimum absolute atomic E-state index is 0.00821. The number of aromatic amines is 1. The highest BCUT2D eigenvalue weighted by Crippen LogP contribution is 2.51. The van der Waals surface area contributed by atoms with Crippen LogP contribution in [0.5, 0.6) is 23.0 Å². The zero-order valence-electron chi connectivity index (χ0n) is 24.7. The number of carbonyl (C=O) groups is 2. The summed E-state index contributed by atoms with van der Waals surface area (Å²) in [4.78, 5) is 33.1. The molecule has 228 valence electrons. The molecule has 6 unspecified atom stereocenters. The summed E-state index contributed by atoms with van der Waals surface area (Å²) < 4.78 is 39.2. The normalized spacial score (nSPS) is 27.5. The van der Waals surface area contributed by atoms with Crippen LogP contribution in [0.25, 0.3) is 10.9 Å². The maximum absolute atomic E-state index is 13.5. The lowest BCUT2D eigenvalue weighted by atomic mass is 9.63. The van der Waals surface area contributed by atoms with E-state index in [9.17, 15) is 9.59 Å². The molecule has 2 aromatic carbocycles. The van der Waals surface area contributed by atoms with Gasteiger partial charge < -0.3 is 38.1 Å². The highest BCUT2D eigenvalue weighted by molar-refractivity contribution is 5.91. The molecule has 2 fully saturated rings. The van der Waals surface area contributed by atoms with E-state index in [1.807, 2.05) is 12.1 Å². The van der Waals surface area contributed by atoms with E-state index in [0.717, 1.165) is 37.2 Å². The lowest BCUT2D eigenvalue weighted by Gasteiger charge is -2.52. The van der Waals surface area contributed by atoms with Crippen molar-refractivity contribution in [2.75, 3.05) is 48.3 Å². The van der Waals surface area contributed by atoms with Crippen molar-refractivity contribution < 1.29 is 42.7 Å². The van der Waals surface area contributed by atoms with Crippen molar-refractivity contribution >= 4 is 22.8 Å². The first-order valence-electron chi connectivity index (χ1n) is 14.7. The van der Waals surface area contributed by atoms with Gasteiger partial charge in [0.05, 0.1) is 38.9 Å². The third-order valence-corrected chi connectivity index (χ3v) is 9.75. The highest BCUT2D eigenvalue weighted by Gasteiger charge is 2.54. The van der Waals surface area contributed by atoms with Crippen LogP contribution < -0.4 is 18.9 Å². The Morgan fingerprint density at radius 3 is 2.65 bits per heavy atom. The zero-order valence-corrected chi connectivity index (χ0v) is 24.7. The molecule has 11 nitrogen and oxygen atoms in total. The summed E-state index contributed by atoms with van der Waals surface area (Å²) in [6.45, 7) is 1.75. The van der Waals surface area contributed by atoms with E-state index >= 15 is 0 Å². The fourth-order valence-electron chi connectivity index (χ4n) is 7.81. The van der Waals surface area contributed by atoms with Gasteiger partial charge in [-0.15, -0.1) is 0 Å². The summed E-state index contributed by atoms with van der Waals surface area (Å²) in [5.41, 5.74) is 3.87. The third kappa shape index (κ3) is 4.56. The van der Waals surface area contributed by atoms with Crippen molar-refractivity contribution in [2.45, 2.75) is 37.5 Å². The Bertz CT molecular complexity index is 1570. The summed E-state index contributed by atoms with van der Waals surface area (Å²) in [5.74, 6) is 0.697. The predicted molar refractivity (Wildman–Crippen MR) is 154 cm³/mol. The molecule has 1 aromatic heterocycles. The zero-order chi connectivity index (χ0) is 29.8. The van der Waals surface area contributed by atoms with Gasteiger partial charge in [0.25, 0.3) is 0 Å². The molecule has 7 rings (SSSR count). The Kier molecular flexibility index (Phi) is 7.09. The predicted octanol–water partition coefficient (Wildman–Crippen LogP) is 3.88. The lowest BCUT2D eigenvalue weighted by molar-refractivity contribution is -0.176. The van der Waals surface area contributed by atoms with Crippen LogP contribution >= 0.6 is 0 Å². The first kappa shape index (κ1) is 27.8. The van der Waals surface area contributed by atoms with E-state index in [4.69, 9.17) is 33.2 Å². The number of nitrogens with one attached hydrogen (secondary N) is 1. The van der Waals surface area contributed by atoms with Crippen LogP contribution in [-0.4, -0.2) is 82.4 Å². The van der Waals surface area contributed by atoms with E-state index in [-0.39, 0.29) is 36.2 Å². The number of carbonyl (C=O) groups excluding carboxylic acids is 2. The van der Waals surface area contributed by atoms with Crippen LogP contribution in [0.3, 0.4) is 0 Å². The number of H-pyrrole nitrogens is 1. The maximum atomic E-state index is 13.5. The molecule has 0 spiro atoms. The van der Waals surface area contributed by atoms with Crippen LogP contribution in [0.15, 0.2) is 30.3 Å². The number of nitrogens with zero attached hydrogens (tertiary/aromatic N) is 1. The smallest absolute Gasteiger partial charge is 0.338 e. The van der Waals surface area contributed by atoms with Gasteiger partial charge in [0.2, 0.25) is 12.5 Å². The first-order valence-corrected chi connectivity index (χ1v) is 14.7. The van der Waals surface area contributed by atoms with Gasteiger partial charge in [0.15, 0.2) is 11.5 Å².